The number of nitrogens with zero attached hydrogens (tertiary/aromatic N) is 2. The first-order valence-electron chi connectivity index (χ1n) is 5.71. The van der Waals surface area contributed by atoms with E-state index in [0.29, 0.717) is 0 Å². The van der Waals surface area contributed by atoms with Gasteiger partial charge in [0.1, 0.15) is 0 Å². The topological polar surface area (TPSA) is 29.9 Å². The van der Waals surface area contributed by atoms with Gasteiger partial charge in [-0.2, -0.15) is 11.8 Å². The molecule has 0 spiro atoms. The average molecular weight is 247 g/mol. The zero-order valence-corrected chi connectivity index (χ0v) is 10.8. The van der Waals surface area contributed by atoms with Crippen molar-refractivity contribution in [2.24, 2.45) is 0 Å². The smallest absolute Gasteiger partial charge is 0.0991 e. The summed E-state index contributed by atoms with van der Waals surface area (Å²) in [6.45, 7) is 1.02. The van der Waals surface area contributed by atoms with Crippen LogP contribution < -0.4 is 5.32 Å². The molecule has 0 aliphatic heterocycles. The summed E-state index contributed by atoms with van der Waals surface area (Å²) < 4.78 is 2.01. The number of anilines is 1. The van der Waals surface area contributed by atoms with Gasteiger partial charge in [0.05, 0.1) is 6.33 Å². The van der Waals surface area contributed by atoms with E-state index in [1.54, 1.807) is 6.20 Å². The summed E-state index contributed by atoms with van der Waals surface area (Å²) in [5, 5.41) is 3.43. The van der Waals surface area contributed by atoms with E-state index in [2.05, 4.69) is 40.8 Å². The third kappa shape index (κ3) is 3.53. The molecular formula is C13H17N3S. The fourth-order valence-electron chi connectivity index (χ4n) is 1.64. The van der Waals surface area contributed by atoms with Gasteiger partial charge in [-0.25, -0.2) is 4.98 Å². The Hall–Kier alpha value is -1.42. The largest absolute Gasteiger partial charge is 0.385 e. The normalized spacial score (nSPS) is 10.4. The van der Waals surface area contributed by atoms with Gasteiger partial charge in [0.2, 0.25) is 0 Å². The molecular weight excluding hydrogens is 230 g/mol. The molecule has 90 valence electrons. The first kappa shape index (κ1) is 12.0. The number of benzene rings is 1. The second-order valence-electron chi connectivity index (χ2n) is 3.79. The number of nitrogens with one attached hydrogen (secondary N) is 1. The van der Waals surface area contributed by atoms with Crippen molar-refractivity contribution < 1.29 is 0 Å². The maximum absolute atomic E-state index is 4.05. The molecule has 2 aromatic rings. The van der Waals surface area contributed by atoms with Crippen LogP contribution in [0.3, 0.4) is 0 Å². The van der Waals surface area contributed by atoms with E-state index in [1.807, 2.05) is 28.9 Å². The lowest BCUT2D eigenvalue weighted by Gasteiger charge is -2.08. The van der Waals surface area contributed by atoms with E-state index >= 15 is 0 Å². The minimum atomic E-state index is 1.02. The van der Waals surface area contributed by atoms with E-state index in [1.165, 1.54) is 12.2 Å². The Morgan fingerprint density at radius 1 is 1.41 bits per heavy atom. The summed E-state index contributed by atoms with van der Waals surface area (Å²) in [4.78, 5) is 4.05. The molecule has 4 heteroatoms. The monoisotopic (exact) mass is 247 g/mol. The first-order valence-corrected chi connectivity index (χ1v) is 7.11. The number of thioether (sulfide) groups is 1. The number of imidazole rings is 1. The van der Waals surface area contributed by atoms with E-state index in [0.717, 1.165) is 17.9 Å². The predicted octanol–water partition coefficient (Wildman–Crippen LogP) is 3.04. The van der Waals surface area contributed by atoms with E-state index in [4.69, 9.17) is 0 Å². The van der Waals surface area contributed by atoms with Crippen molar-refractivity contribution >= 4 is 17.4 Å². The molecule has 0 saturated heterocycles. The Balaban J connectivity index is 1.97. The van der Waals surface area contributed by atoms with Gasteiger partial charge in [-0.1, -0.05) is 6.07 Å². The van der Waals surface area contributed by atoms with Crippen molar-refractivity contribution in [3.8, 4) is 5.69 Å². The van der Waals surface area contributed by atoms with Crippen LogP contribution in [0.1, 0.15) is 6.42 Å². The number of aromatic nitrogens is 2. The Labute approximate surface area is 106 Å². The summed E-state index contributed by atoms with van der Waals surface area (Å²) in [5.41, 5.74) is 2.30. The van der Waals surface area contributed by atoms with Crippen LogP contribution in [0, 0.1) is 0 Å². The highest BCUT2D eigenvalue weighted by atomic mass is 32.2. The van der Waals surface area contributed by atoms with Crippen LogP contribution in [0.25, 0.3) is 5.69 Å². The van der Waals surface area contributed by atoms with Crippen LogP contribution in [-0.2, 0) is 0 Å². The Morgan fingerprint density at radius 3 is 3.12 bits per heavy atom. The molecule has 0 aliphatic carbocycles. The Kier molecular flexibility index (Phi) is 4.50. The van der Waals surface area contributed by atoms with Crippen molar-refractivity contribution in [1.29, 1.82) is 0 Å². The molecule has 0 saturated carbocycles. The summed E-state index contributed by atoms with van der Waals surface area (Å²) in [5.74, 6) is 1.20. The molecule has 1 aromatic heterocycles. The SMILES string of the molecule is CSCCCNc1cccc(-n2ccnc2)c1. The van der Waals surface area contributed by atoms with Gasteiger partial charge in [0.15, 0.2) is 0 Å². The van der Waals surface area contributed by atoms with E-state index in [-0.39, 0.29) is 0 Å². The highest BCUT2D eigenvalue weighted by Gasteiger charge is 1.97. The number of rotatable bonds is 6. The second-order valence-corrected chi connectivity index (χ2v) is 4.78. The third-order valence-corrected chi connectivity index (χ3v) is 3.20. The molecule has 1 heterocycles. The van der Waals surface area contributed by atoms with Crippen LogP contribution in [0.4, 0.5) is 5.69 Å². The quantitative estimate of drug-likeness (QED) is 0.796. The van der Waals surface area contributed by atoms with Gasteiger partial charge in [-0.15, -0.1) is 0 Å². The third-order valence-electron chi connectivity index (χ3n) is 2.50. The lowest BCUT2D eigenvalue weighted by molar-refractivity contribution is 0.990. The van der Waals surface area contributed by atoms with Crippen LogP contribution in [-0.4, -0.2) is 28.1 Å². The van der Waals surface area contributed by atoms with Gasteiger partial charge < -0.3 is 9.88 Å². The molecule has 1 N–H and O–H groups in total. The van der Waals surface area contributed by atoms with Crippen molar-refractivity contribution in [3.63, 3.8) is 0 Å². The number of hydrogen-bond acceptors (Lipinski definition) is 3. The number of hydrogen-bond donors (Lipinski definition) is 1. The Bertz CT molecular complexity index is 440. The van der Waals surface area contributed by atoms with Gasteiger partial charge in [0, 0.05) is 30.3 Å². The lowest BCUT2D eigenvalue weighted by atomic mass is 10.2. The molecule has 17 heavy (non-hydrogen) atoms. The predicted molar refractivity (Wildman–Crippen MR) is 75.1 cm³/mol. The van der Waals surface area contributed by atoms with Crippen LogP contribution >= 0.6 is 11.8 Å². The van der Waals surface area contributed by atoms with Gasteiger partial charge in [-0.3, -0.25) is 0 Å². The zero-order valence-electron chi connectivity index (χ0n) is 9.97. The minimum absolute atomic E-state index is 1.02. The molecule has 0 atom stereocenters. The maximum atomic E-state index is 4.05. The molecule has 2 rings (SSSR count). The first-order chi connectivity index (χ1) is 8.40. The average Bonchev–Trinajstić information content (AvgIpc) is 2.89. The fraction of sp³-hybridized carbons (Fsp3) is 0.308. The highest BCUT2D eigenvalue weighted by molar-refractivity contribution is 7.98. The molecule has 0 aliphatic rings. The standard InChI is InChI=1S/C13H17N3S/c1-17-9-3-6-15-12-4-2-5-13(10-12)16-8-7-14-11-16/h2,4-5,7-8,10-11,15H,3,6,9H2,1H3. The summed E-state index contributed by atoms with van der Waals surface area (Å²) in [7, 11) is 0. The van der Waals surface area contributed by atoms with E-state index < -0.39 is 0 Å². The summed E-state index contributed by atoms with van der Waals surface area (Å²) >= 11 is 1.89. The van der Waals surface area contributed by atoms with Crippen molar-refractivity contribution in [3.05, 3.63) is 43.0 Å². The fourth-order valence-corrected chi connectivity index (χ4v) is 2.07. The molecule has 0 radical (unpaired) electrons. The second kappa shape index (κ2) is 6.35. The van der Waals surface area contributed by atoms with Crippen LogP contribution in [0.5, 0.6) is 0 Å². The molecule has 0 bridgehead atoms. The summed E-state index contributed by atoms with van der Waals surface area (Å²) in [6, 6.07) is 8.38. The van der Waals surface area contributed by atoms with Crippen LogP contribution in [0.2, 0.25) is 0 Å². The molecule has 0 fully saturated rings. The van der Waals surface area contributed by atoms with Crippen molar-refractivity contribution in [2.75, 3.05) is 23.9 Å². The Morgan fingerprint density at radius 2 is 2.35 bits per heavy atom. The lowest BCUT2D eigenvalue weighted by Crippen LogP contribution is -2.03. The van der Waals surface area contributed by atoms with Gasteiger partial charge in [0.25, 0.3) is 0 Å². The molecule has 1 aromatic carbocycles. The van der Waals surface area contributed by atoms with Gasteiger partial charge in [-0.05, 0) is 36.6 Å². The molecule has 0 unspecified atom stereocenters. The van der Waals surface area contributed by atoms with E-state index in [9.17, 15) is 0 Å². The van der Waals surface area contributed by atoms with Crippen molar-refractivity contribution in [1.82, 2.24) is 9.55 Å². The summed E-state index contributed by atoms with van der Waals surface area (Å²) in [6.07, 6.45) is 8.88. The minimum Gasteiger partial charge on any atom is -0.385 e. The van der Waals surface area contributed by atoms with Crippen molar-refractivity contribution in [2.45, 2.75) is 6.42 Å². The maximum Gasteiger partial charge on any atom is 0.0991 e. The molecule has 0 amide bonds. The molecule has 3 nitrogen and oxygen atoms in total. The van der Waals surface area contributed by atoms with Gasteiger partial charge >= 0.3 is 0 Å². The highest BCUT2D eigenvalue weighted by Crippen LogP contribution is 2.14. The zero-order chi connectivity index (χ0) is 11.9. The van der Waals surface area contributed by atoms with Crippen LogP contribution in [0.15, 0.2) is 43.0 Å².